The van der Waals surface area contributed by atoms with E-state index in [-0.39, 0.29) is 17.3 Å². The zero-order valence-electron chi connectivity index (χ0n) is 13.8. The summed E-state index contributed by atoms with van der Waals surface area (Å²) in [5, 5.41) is 21.9. The van der Waals surface area contributed by atoms with Crippen LogP contribution in [0.1, 0.15) is 0 Å². The first-order valence-electron chi connectivity index (χ1n) is 7.78. The highest BCUT2D eigenvalue weighted by molar-refractivity contribution is 7.99. The molecule has 0 saturated carbocycles. The van der Waals surface area contributed by atoms with Crippen LogP contribution in [0.2, 0.25) is 0 Å². The van der Waals surface area contributed by atoms with Gasteiger partial charge in [0.2, 0.25) is 5.91 Å². The number of halogens is 1. The Balaban J connectivity index is 1.57. The van der Waals surface area contributed by atoms with Gasteiger partial charge in [-0.15, -0.1) is 10.2 Å². The largest absolute Gasteiger partial charge is 0.325 e. The fourth-order valence-corrected chi connectivity index (χ4v) is 2.82. The van der Waals surface area contributed by atoms with Gasteiger partial charge in [-0.2, -0.15) is 0 Å². The molecule has 0 aliphatic rings. The van der Waals surface area contributed by atoms with Crippen LogP contribution in [0.5, 0.6) is 0 Å². The van der Waals surface area contributed by atoms with Gasteiger partial charge in [0.25, 0.3) is 5.69 Å². The predicted octanol–water partition coefficient (Wildman–Crippen LogP) is 3.92. The first kappa shape index (κ1) is 18.5. The summed E-state index contributed by atoms with van der Waals surface area (Å²) in [5.41, 5.74) is 1.66. The summed E-state index contributed by atoms with van der Waals surface area (Å²) in [6.45, 7) is 0. The second kappa shape index (κ2) is 8.37. The Kier molecular flexibility index (Phi) is 5.72. The topological polar surface area (TPSA) is 98.0 Å². The number of hydrogen-bond acceptors (Lipinski definition) is 6. The number of non-ortho nitro benzene ring substituents is 1. The van der Waals surface area contributed by atoms with Gasteiger partial charge in [-0.25, -0.2) is 4.39 Å². The molecule has 1 aromatic heterocycles. The molecule has 1 amide bonds. The number of nitro benzene ring substituents is 1. The fraction of sp³-hybridized carbons (Fsp3) is 0.0556. The number of thioether (sulfide) groups is 1. The highest BCUT2D eigenvalue weighted by Crippen LogP contribution is 2.22. The van der Waals surface area contributed by atoms with Crippen molar-refractivity contribution in [2.75, 3.05) is 11.1 Å². The van der Waals surface area contributed by atoms with Crippen molar-refractivity contribution in [1.29, 1.82) is 0 Å². The number of nitro groups is 1. The van der Waals surface area contributed by atoms with Crippen LogP contribution in [0.3, 0.4) is 0 Å². The van der Waals surface area contributed by atoms with Gasteiger partial charge in [0.1, 0.15) is 10.8 Å². The number of hydrogen-bond donors (Lipinski definition) is 1. The summed E-state index contributed by atoms with van der Waals surface area (Å²) in [4.78, 5) is 22.1. The van der Waals surface area contributed by atoms with Crippen molar-refractivity contribution in [3.05, 3.63) is 76.6 Å². The lowest BCUT2D eigenvalue weighted by Gasteiger charge is -2.05. The maximum Gasteiger partial charge on any atom is 0.269 e. The number of aromatic nitrogens is 2. The zero-order chi connectivity index (χ0) is 19.2. The minimum absolute atomic E-state index is 0.00296. The monoisotopic (exact) mass is 384 g/mol. The summed E-state index contributed by atoms with van der Waals surface area (Å²) >= 11 is 1.19. The molecule has 2 aromatic carbocycles. The van der Waals surface area contributed by atoms with Crippen LogP contribution < -0.4 is 5.32 Å². The van der Waals surface area contributed by atoms with Crippen LogP contribution >= 0.6 is 11.8 Å². The van der Waals surface area contributed by atoms with Gasteiger partial charge in [0.05, 0.1) is 16.4 Å². The summed E-state index contributed by atoms with van der Waals surface area (Å²) < 4.78 is 13.1. The molecule has 27 heavy (non-hydrogen) atoms. The quantitative estimate of drug-likeness (QED) is 0.393. The first-order chi connectivity index (χ1) is 13.0. The SMILES string of the molecule is O=C(CSc1ccc(-c2ccc([N+](=O)[O-])cc2)nn1)Nc1cccc(F)c1. The number of benzene rings is 2. The van der Waals surface area contributed by atoms with E-state index in [9.17, 15) is 19.3 Å². The van der Waals surface area contributed by atoms with Crippen LogP contribution in [0.25, 0.3) is 11.3 Å². The summed E-state index contributed by atoms with van der Waals surface area (Å²) in [7, 11) is 0. The molecule has 0 fully saturated rings. The molecule has 0 atom stereocenters. The van der Waals surface area contributed by atoms with Crippen LogP contribution in [0, 0.1) is 15.9 Å². The summed E-state index contributed by atoms with van der Waals surface area (Å²) in [6, 6.07) is 15.1. The Morgan fingerprint density at radius 2 is 1.89 bits per heavy atom. The lowest BCUT2D eigenvalue weighted by molar-refractivity contribution is -0.384. The molecule has 3 aromatic rings. The van der Waals surface area contributed by atoms with E-state index in [1.807, 2.05) is 0 Å². The van der Waals surface area contributed by atoms with Crippen molar-refractivity contribution < 1.29 is 14.1 Å². The molecule has 1 N–H and O–H groups in total. The normalized spacial score (nSPS) is 10.4. The summed E-state index contributed by atoms with van der Waals surface area (Å²) in [5.74, 6) is -0.609. The van der Waals surface area contributed by atoms with Crippen LogP contribution in [0.15, 0.2) is 65.7 Å². The number of amides is 1. The van der Waals surface area contributed by atoms with E-state index in [2.05, 4.69) is 15.5 Å². The van der Waals surface area contributed by atoms with Gasteiger partial charge < -0.3 is 5.32 Å². The van der Waals surface area contributed by atoms with Crippen molar-refractivity contribution in [2.24, 2.45) is 0 Å². The molecule has 0 bridgehead atoms. The second-order valence-electron chi connectivity index (χ2n) is 5.41. The number of anilines is 1. The molecule has 1 heterocycles. The minimum atomic E-state index is -0.468. The third-order valence-corrected chi connectivity index (χ3v) is 4.39. The van der Waals surface area contributed by atoms with E-state index in [0.29, 0.717) is 22.0 Å². The van der Waals surface area contributed by atoms with Crippen molar-refractivity contribution >= 4 is 29.0 Å². The van der Waals surface area contributed by atoms with Gasteiger partial charge in [-0.05, 0) is 42.5 Å². The average Bonchev–Trinajstić information content (AvgIpc) is 2.67. The van der Waals surface area contributed by atoms with E-state index in [1.54, 1.807) is 30.3 Å². The molecule has 0 unspecified atom stereocenters. The molecule has 136 valence electrons. The Hall–Kier alpha value is -3.33. The average molecular weight is 384 g/mol. The van der Waals surface area contributed by atoms with Crippen molar-refractivity contribution in [2.45, 2.75) is 5.03 Å². The smallest absolute Gasteiger partial charge is 0.269 e. The van der Waals surface area contributed by atoms with E-state index >= 15 is 0 Å². The lowest BCUT2D eigenvalue weighted by atomic mass is 10.1. The molecule has 9 heteroatoms. The Morgan fingerprint density at radius 3 is 2.52 bits per heavy atom. The van der Waals surface area contributed by atoms with Crippen molar-refractivity contribution in [3.63, 3.8) is 0 Å². The Morgan fingerprint density at radius 1 is 1.11 bits per heavy atom. The molecule has 0 aliphatic carbocycles. The minimum Gasteiger partial charge on any atom is -0.325 e. The van der Waals surface area contributed by atoms with Gasteiger partial charge >= 0.3 is 0 Å². The third kappa shape index (κ3) is 5.08. The maximum atomic E-state index is 13.1. The third-order valence-electron chi connectivity index (χ3n) is 3.47. The predicted molar refractivity (Wildman–Crippen MR) is 99.9 cm³/mol. The molecule has 3 rings (SSSR count). The highest BCUT2D eigenvalue weighted by Gasteiger charge is 2.08. The Labute approximate surface area is 157 Å². The second-order valence-corrected chi connectivity index (χ2v) is 6.40. The number of nitrogens with one attached hydrogen (secondary N) is 1. The Bertz CT molecular complexity index is 965. The molecular formula is C18H13FN4O3S. The van der Waals surface area contributed by atoms with Gasteiger partial charge in [0, 0.05) is 23.4 Å². The zero-order valence-corrected chi connectivity index (χ0v) is 14.6. The van der Waals surface area contributed by atoms with E-state index in [1.165, 1.54) is 42.1 Å². The number of nitrogens with zero attached hydrogens (tertiary/aromatic N) is 3. The lowest BCUT2D eigenvalue weighted by Crippen LogP contribution is -2.14. The van der Waals surface area contributed by atoms with Gasteiger partial charge in [0.15, 0.2) is 0 Å². The summed E-state index contributed by atoms with van der Waals surface area (Å²) in [6.07, 6.45) is 0. The van der Waals surface area contributed by atoms with Crippen molar-refractivity contribution in [3.8, 4) is 11.3 Å². The molecule has 0 spiro atoms. The van der Waals surface area contributed by atoms with Crippen LogP contribution in [-0.4, -0.2) is 26.8 Å². The number of carbonyl (C=O) groups is 1. The van der Waals surface area contributed by atoms with E-state index < -0.39 is 10.7 Å². The van der Waals surface area contributed by atoms with Gasteiger partial charge in [-0.1, -0.05) is 17.8 Å². The van der Waals surface area contributed by atoms with Crippen LogP contribution in [-0.2, 0) is 4.79 Å². The number of rotatable bonds is 6. The molecule has 0 saturated heterocycles. The van der Waals surface area contributed by atoms with Gasteiger partial charge in [-0.3, -0.25) is 14.9 Å². The maximum absolute atomic E-state index is 13.1. The van der Waals surface area contributed by atoms with E-state index in [0.717, 1.165) is 0 Å². The van der Waals surface area contributed by atoms with Crippen LogP contribution in [0.4, 0.5) is 15.8 Å². The molecule has 0 radical (unpaired) electrons. The standard InChI is InChI=1S/C18H13FN4O3S/c19-13-2-1-3-14(10-13)20-17(24)11-27-18-9-8-16(21-22-18)12-4-6-15(7-5-12)23(25)26/h1-10H,11H2,(H,20,24). The van der Waals surface area contributed by atoms with E-state index in [4.69, 9.17) is 0 Å². The molecule has 7 nitrogen and oxygen atoms in total. The first-order valence-corrected chi connectivity index (χ1v) is 8.76. The molecule has 0 aliphatic heterocycles. The highest BCUT2D eigenvalue weighted by atomic mass is 32.2. The molecular weight excluding hydrogens is 371 g/mol. The fourth-order valence-electron chi connectivity index (χ4n) is 2.21. The van der Waals surface area contributed by atoms with Crippen molar-refractivity contribution in [1.82, 2.24) is 10.2 Å². The number of carbonyl (C=O) groups excluding carboxylic acids is 1.